The van der Waals surface area contributed by atoms with Crippen LogP contribution < -0.4 is 4.89 Å². The van der Waals surface area contributed by atoms with Gasteiger partial charge in [0.2, 0.25) is 0 Å². The van der Waals surface area contributed by atoms with E-state index in [0.29, 0.717) is 0 Å². The maximum absolute atomic E-state index is 9.90. The largest absolute Gasteiger partial charge is 0.595 e. The average molecular weight is 147 g/mol. The van der Waals surface area contributed by atoms with Crippen molar-refractivity contribution in [1.29, 1.82) is 5.26 Å². The standard InChI is InChI=1S/C4H6NO3P/c1-4(6,2-5)3-9(7)8/h6H,3H2,1H3. The fourth-order valence-corrected chi connectivity index (χ4v) is 0.860. The molecule has 0 aromatic carbocycles. The van der Waals surface area contributed by atoms with Crippen molar-refractivity contribution in [3.8, 4) is 6.07 Å². The molecular formula is C4H6NO3P. The molecule has 0 aromatic heterocycles. The molecule has 2 atom stereocenters. The Balaban J connectivity index is 3.91. The van der Waals surface area contributed by atoms with E-state index in [4.69, 9.17) is 10.4 Å². The van der Waals surface area contributed by atoms with Gasteiger partial charge in [0.25, 0.3) is 0 Å². The molecule has 1 N–H and O–H groups in total. The van der Waals surface area contributed by atoms with Gasteiger partial charge in [-0.3, -0.25) is 0 Å². The minimum Gasteiger partial charge on any atom is -0.595 e. The highest BCUT2D eigenvalue weighted by atomic mass is 31.1. The summed E-state index contributed by atoms with van der Waals surface area (Å²) < 4.78 is 9.90. The molecule has 0 rings (SSSR count). The number of aliphatic hydroxyl groups is 1. The van der Waals surface area contributed by atoms with Crippen molar-refractivity contribution >= 4 is 8.03 Å². The average Bonchev–Trinajstić information content (AvgIpc) is 1.63. The molecule has 0 aromatic rings. The van der Waals surface area contributed by atoms with Gasteiger partial charge < -0.3 is 10.00 Å². The molecule has 0 aliphatic heterocycles. The van der Waals surface area contributed by atoms with E-state index in [-0.39, 0.29) is 0 Å². The van der Waals surface area contributed by atoms with E-state index >= 15 is 0 Å². The minimum absolute atomic E-state index is 0.501. The molecule has 0 bridgehead atoms. The molecule has 50 valence electrons. The monoisotopic (exact) mass is 147 g/mol. The van der Waals surface area contributed by atoms with Crippen molar-refractivity contribution < 1.29 is 14.6 Å². The van der Waals surface area contributed by atoms with Gasteiger partial charge in [0.1, 0.15) is 6.07 Å². The van der Waals surface area contributed by atoms with Gasteiger partial charge >= 0.3 is 8.03 Å². The number of hydrogen-bond donors (Lipinski definition) is 1. The Labute approximate surface area is 53.6 Å². The van der Waals surface area contributed by atoms with E-state index in [9.17, 15) is 9.46 Å². The molecule has 0 amide bonds. The fourth-order valence-electron chi connectivity index (χ4n) is 0.287. The van der Waals surface area contributed by atoms with E-state index < -0.39 is 19.8 Å². The van der Waals surface area contributed by atoms with Crippen LogP contribution in [0.4, 0.5) is 0 Å². The summed E-state index contributed by atoms with van der Waals surface area (Å²) in [6.45, 7) is 1.15. The normalized spacial score (nSPS) is 17.8. The van der Waals surface area contributed by atoms with E-state index in [1.165, 1.54) is 6.07 Å². The highest BCUT2D eigenvalue weighted by Gasteiger charge is 2.26. The van der Waals surface area contributed by atoms with Crippen LogP contribution in [0.5, 0.6) is 0 Å². The Morgan fingerprint density at radius 2 is 2.44 bits per heavy atom. The molecule has 0 saturated carbocycles. The van der Waals surface area contributed by atoms with Crippen LogP contribution in [0, 0.1) is 11.3 Å². The van der Waals surface area contributed by atoms with Crippen LogP contribution in [0.2, 0.25) is 0 Å². The summed E-state index contributed by atoms with van der Waals surface area (Å²) in [6.07, 6.45) is -0.501. The quantitative estimate of drug-likeness (QED) is 0.416. The SMILES string of the molecule is CC(O)(C#N)C[P+](=O)[O-]. The number of hydrogen-bond acceptors (Lipinski definition) is 4. The minimum atomic E-state index is -2.67. The van der Waals surface area contributed by atoms with Crippen molar-refractivity contribution in [1.82, 2.24) is 0 Å². The maximum Gasteiger partial charge on any atom is 0.313 e. The summed E-state index contributed by atoms with van der Waals surface area (Å²) in [5.74, 6) is 0. The lowest BCUT2D eigenvalue weighted by atomic mass is 10.2. The lowest BCUT2D eigenvalue weighted by Gasteiger charge is -2.05. The summed E-state index contributed by atoms with van der Waals surface area (Å²) >= 11 is 0. The van der Waals surface area contributed by atoms with Crippen molar-refractivity contribution in [2.24, 2.45) is 0 Å². The van der Waals surface area contributed by atoms with Crippen molar-refractivity contribution in [2.45, 2.75) is 12.5 Å². The highest BCUT2D eigenvalue weighted by molar-refractivity contribution is 7.36. The third-order valence-corrected chi connectivity index (χ3v) is 1.55. The zero-order valence-electron chi connectivity index (χ0n) is 4.87. The summed E-state index contributed by atoms with van der Waals surface area (Å²) in [5, 5.41) is 16.8. The number of rotatable bonds is 2. The molecule has 2 unspecified atom stereocenters. The van der Waals surface area contributed by atoms with Crippen LogP contribution in [-0.2, 0) is 4.57 Å². The van der Waals surface area contributed by atoms with Gasteiger partial charge in [0, 0.05) is 0 Å². The molecule has 0 saturated heterocycles. The third kappa shape index (κ3) is 4.04. The second kappa shape index (κ2) is 2.88. The van der Waals surface area contributed by atoms with Gasteiger partial charge in [0.05, 0.1) is 0 Å². The molecule has 4 nitrogen and oxygen atoms in total. The van der Waals surface area contributed by atoms with Gasteiger partial charge in [-0.05, 0) is 6.92 Å². The molecule has 0 fully saturated rings. The van der Waals surface area contributed by atoms with Crippen LogP contribution in [0.15, 0.2) is 0 Å². The molecule has 9 heavy (non-hydrogen) atoms. The fraction of sp³-hybridized carbons (Fsp3) is 0.750. The van der Waals surface area contributed by atoms with Gasteiger partial charge in [-0.1, -0.05) is 4.57 Å². The first-order valence-electron chi connectivity index (χ1n) is 2.23. The van der Waals surface area contributed by atoms with Crippen LogP contribution in [0.25, 0.3) is 0 Å². The topological polar surface area (TPSA) is 84.1 Å². The maximum atomic E-state index is 9.90. The summed E-state index contributed by atoms with van der Waals surface area (Å²) in [7, 11) is -2.67. The van der Waals surface area contributed by atoms with Crippen molar-refractivity contribution in [2.75, 3.05) is 6.16 Å². The smallest absolute Gasteiger partial charge is 0.313 e. The summed E-state index contributed by atoms with van der Waals surface area (Å²) in [4.78, 5) is 9.90. The molecule has 0 aliphatic rings. The zero-order valence-corrected chi connectivity index (χ0v) is 5.76. The van der Waals surface area contributed by atoms with Gasteiger partial charge in [-0.2, -0.15) is 5.26 Å². The van der Waals surface area contributed by atoms with Gasteiger partial charge in [0.15, 0.2) is 11.8 Å². The second-order valence-electron chi connectivity index (χ2n) is 1.88. The predicted octanol–water partition coefficient (Wildman–Crippen LogP) is -0.636. The Kier molecular flexibility index (Phi) is 2.72. The van der Waals surface area contributed by atoms with E-state index in [2.05, 4.69) is 0 Å². The van der Waals surface area contributed by atoms with Crippen molar-refractivity contribution in [3.05, 3.63) is 0 Å². The van der Waals surface area contributed by atoms with Gasteiger partial charge in [-0.25, -0.2) is 0 Å². The second-order valence-corrected chi connectivity index (χ2v) is 2.86. The first-order chi connectivity index (χ1) is 3.98. The Morgan fingerprint density at radius 3 is 2.56 bits per heavy atom. The third-order valence-electron chi connectivity index (χ3n) is 0.678. The predicted molar refractivity (Wildman–Crippen MR) is 28.7 cm³/mol. The summed E-state index contributed by atoms with van der Waals surface area (Å²) in [5.41, 5.74) is -1.73. The number of nitrogens with zero attached hydrogens (tertiary/aromatic N) is 1. The molecule has 0 spiro atoms. The summed E-state index contributed by atoms with van der Waals surface area (Å²) in [6, 6.07) is 1.44. The molecule has 0 aliphatic carbocycles. The first kappa shape index (κ1) is 8.51. The van der Waals surface area contributed by atoms with Crippen LogP contribution in [0.3, 0.4) is 0 Å². The lowest BCUT2D eigenvalue weighted by molar-refractivity contribution is -0.165. The Bertz CT molecular complexity index is 160. The lowest BCUT2D eigenvalue weighted by Crippen LogP contribution is -2.25. The van der Waals surface area contributed by atoms with Crippen molar-refractivity contribution in [3.63, 3.8) is 0 Å². The van der Waals surface area contributed by atoms with Crippen LogP contribution in [-0.4, -0.2) is 16.9 Å². The van der Waals surface area contributed by atoms with E-state index in [1.54, 1.807) is 0 Å². The molecule has 5 heteroatoms. The van der Waals surface area contributed by atoms with Gasteiger partial charge in [-0.15, -0.1) is 0 Å². The zero-order chi connectivity index (χ0) is 7.49. The van der Waals surface area contributed by atoms with E-state index in [1.807, 2.05) is 0 Å². The molecule has 0 heterocycles. The Hall–Kier alpha value is -0.490. The van der Waals surface area contributed by atoms with Crippen LogP contribution in [0.1, 0.15) is 6.92 Å². The first-order valence-corrected chi connectivity index (χ1v) is 3.59. The highest BCUT2D eigenvalue weighted by Crippen LogP contribution is 2.15. The molecule has 0 radical (unpaired) electrons. The number of nitriles is 1. The van der Waals surface area contributed by atoms with Crippen LogP contribution >= 0.6 is 8.03 Å². The molecular weight excluding hydrogens is 141 g/mol. The van der Waals surface area contributed by atoms with E-state index in [0.717, 1.165) is 6.92 Å². The Morgan fingerprint density at radius 1 is 2.00 bits per heavy atom.